The number of hydrogen-bond donors (Lipinski definition) is 2. The molecule has 2 aromatic heterocycles. The largest absolute Gasteiger partial charge is 0.368 e. The van der Waals surface area contributed by atoms with E-state index in [0.717, 1.165) is 18.8 Å². The number of nitrogens with zero attached hydrogens (tertiary/aromatic N) is 4. The van der Waals surface area contributed by atoms with Crippen LogP contribution in [0.15, 0.2) is 60.9 Å². The minimum Gasteiger partial charge on any atom is -0.368 e. The second kappa shape index (κ2) is 10.5. The first-order chi connectivity index (χ1) is 16.0. The molecule has 0 unspecified atom stereocenters. The summed E-state index contributed by atoms with van der Waals surface area (Å²) >= 11 is 12.5. The Bertz CT molecular complexity index is 1170. The minimum atomic E-state index is 0.361. The summed E-state index contributed by atoms with van der Waals surface area (Å²) in [5.41, 5.74) is 8.70. The molecule has 0 amide bonds. The Morgan fingerprint density at radius 2 is 1.85 bits per heavy atom. The second-order valence-corrected chi connectivity index (χ2v) is 9.26. The van der Waals surface area contributed by atoms with Crippen molar-refractivity contribution >= 4 is 45.8 Å². The molecule has 0 saturated heterocycles. The van der Waals surface area contributed by atoms with Gasteiger partial charge in [0.1, 0.15) is 12.2 Å². The molecule has 1 fully saturated rings. The molecule has 2 heterocycles. The quantitative estimate of drug-likeness (QED) is 0.386. The van der Waals surface area contributed by atoms with Gasteiger partial charge in [0.25, 0.3) is 0 Å². The van der Waals surface area contributed by atoms with Crippen LogP contribution in [-0.4, -0.2) is 32.6 Å². The standard InChI is InChI=1S/C25H28Cl2N6/c1-3-4-21(16(2)26)24-32-22-23(29-14-18-7-5-17(13-28)6-8-18)30-15-31-25(22)33(24)20-11-9-19(27)10-12-20/h3-4,9-12,15,17-18H,1-2,5-8,13-14,28H2,(H,29,30,31)/b21-4+. The van der Waals surface area contributed by atoms with Gasteiger partial charge >= 0.3 is 0 Å². The molecule has 33 heavy (non-hydrogen) atoms. The van der Waals surface area contributed by atoms with Gasteiger partial charge in [0.2, 0.25) is 0 Å². The van der Waals surface area contributed by atoms with Crippen molar-refractivity contribution in [3.8, 4) is 5.69 Å². The summed E-state index contributed by atoms with van der Waals surface area (Å²) in [7, 11) is 0. The summed E-state index contributed by atoms with van der Waals surface area (Å²) in [4.78, 5) is 14.0. The van der Waals surface area contributed by atoms with Crippen LogP contribution in [0.5, 0.6) is 0 Å². The molecule has 1 aromatic carbocycles. The van der Waals surface area contributed by atoms with Crippen LogP contribution in [0.1, 0.15) is 31.5 Å². The summed E-state index contributed by atoms with van der Waals surface area (Å²) in [5, 5.41) is 4.53. The molecule has 3 N–H and O–H groups in total. The molecule has 4 rings (SSSR count). The second-order valence-electron chi connectivity index (χ2n) is 8.37. The minimum absolute atomic E-state index is 0.361. The Morgan fingerprint density at radius 3 is 2.48 bits per heavy atom. The lowest BCUT2D eigenvalue weighted by atomic mass is 9.82. The van der Waals surface area contributed by atoms with Crippen LogP contribution in [0.25, 0.3) is 22.4 Å². The fraction of sp³-hybridized carbons (Fsp3) is 0.320. The molecule has 0 bridgehead atoms. The summed E-state index contributed by atoms with van der Waals surface area (Å²) in [6.45, 7) is 9.34. The van der Waals surface area contributed by atoms with E-state index in [4.69, 9.17) is 33.9 Å². The van der Waals surface area contributed by atoms with Crippen LogP contribution >= 0.6 is 23.2 Å². The van der Waals surface area contributed by atoms with Gasteiger partial charge in [0.05, 0.1) is 0 Å². The number of fused-ring (bicyclic) bond motifs is 1. The molecule has 0 radical (unpaired) electrons. The molecule has 0 spiro atoms. The van der Waals surface area contributed by atoms with Crippen molar-refractivity contribution < 1.29 is 0 Å². The number of imidazole rings is 1. The van der Waals surface area contributed by atoms with Crippen LogP contribution < -0.4 is 11.1 Å². The SMILES string of the molecule is C=C/C=C(\C(=C)Cl)c1nc2c(NCC3CCC(CN)CC3)ncnc2n1-c1ccc(Cl)cc1. The third-order valence-electron chi connectivity index (χ3n) is 6.20. The van der Waals surface area contributed by atoms with E-state index in [2.05, 4.69) is 28.4 Å². The van der Waals surface area contributed by atoms with Gasteiger partial charge in [0.15, 0.2) is 17.0 Å². The average Bonchev–Trinajstić information content (AvgIpc) is 3.21. The van der Waals surface area contributed by atoms with Gasteiger partial charge in [0, 0.05) is 27.9 Å². The van der Waals surface area contributed by atoms with Gasteiger partial charge in [-0.15, -0.1) is 0 Å². The van der Waals surface area contributed by atoms with E-state index in [9.17, 15) is 0 Å². The highest BCUT2D eigenvalue weighted by molar-refractivity contribution is 6.36. The predicted octanol–water partition coefficient (Wildman–Crippen LogP) is 5.97. The zero-order valence-electron chi connectivity index (χ0n) is 18.5. The average molecular weight is 483 g/mol. The summed E-state index contributed by atoms with van der Waals surface area (Å²) in [6.07, 6.45) is 9.73. The summed E-state index contributed by atoms with van der Waals surface area (Å²) in [5.74, 6) is 2.56. The molecule has 0 atom stereocenters. The van der Waals surface area contributed by atoms with E-state index in [0.29, 0.717) is 50.3 Å². The van der Waals surface area contributed by atoms with Crippen molar-refractivity contribution in [2.75, 3.05) is 18.4 Å². The number of halogens is 2. The van der Waals surface area contributed by atoms with Crippen LogP contribution in [0, 0.1) is 11.8 Å². The number of benzene rings is 1. The number of nitrogens with two attached hydrogens (primary N) is 1. The number of rotatable bonds is 8. The third-order valence-corrected chi connectivity index (χ3v) is 6.66. The first-order valence-electron chi connectivity index (χ1n) is 11.1. The maximum Gasteiger partial charge on any atom is 0.170 e. The smallest absolute Gasteiger partial charge is 0.170 e. The fourth-order valence-electron chi connectivity index (χ4n) is 4.35. The highest BCUT2D eigenvalue weighted by atomic mass is 35.5. The first kappa shape index (κ1) is 23.5. The van der Waals surface area contributed by atoms with Gasteiger partial charge in [-0.05, 0) is 68.3 Å². The first-order valence-corrected chi connectivity index (χ1v) is 11.9. The van der Waals surface area contributed by atoms with Crippen molar-refractivity contribution in [1.29, 1.82) is 0 Å². The number of hydrogen-bond acceptors (Lipinski definition) is 5. The van der Waals surface area contributed by atoms with Crippen molar-refractivity contribution in [2.45, 2.75) is 25.7 Å². The summed E-state index contributed by atoms with van der Waals surface area (Å²) in [6, 6.07) is 7.50. The highest BCUT2D eigenvalue weighted by Gasteiger charge is 2.23. The lowest BCUT2D eigenvalue weighted by molar-refractivity contribution is 0.289. The van der Waals surface area contributed by atoms with Gasteiger partial charge in [-0.2, -0.15) is 0 Å². The third kappa shape index (κ3) is 5.13. The van der Waals surface area contributed by atoms with E-state index in [-0.39, 0.29) is 0 Å². The molecular formula is C25H28Cl2N6. The van der Waals surface area contributed by atoms with Crippen molar-refractivity contribution in [1.82, 2.24) is 19.5 Å². The molecule has 172 valence electrons. The fourth-order valence-corrected chi connectivity index (χ4v) is 4.63. The van der Waals surface area contributed by atoms with E-state index in [1.54, 1.807) is 18.5 Å². The van der Waals surface area contributed by atoms with Gasteiger partial charge in [-0.25, -0.2) is 15.0 Å². The molecule has 1 aliphatic rings. The van der Waals surface area contributed by atoms with E-state index in [1.807, 2.05) is 28.8 Å². The van der Waals surface area contributed by atoms with Crippen molar-refractivity contribution in [3.63, 3.8) is 0 Å². The monoisotopic (exact) mass is 482 g/mol. The predicted molar refractivity (Wildman–Crippen MR) is 138 cm³/mol. The Labute approximate surface area is 204 Å². The zero-order chi connectivity index (χ0) is 23.4. The normalized spacial score (nSPS) is 18.9. The Balaban J connectivity index is 1.74. The van der Waals surface area contributed by atoms with E-state index in [1.165, 1.54) is 25.7 Å². The van der Waals surface area contributed by atoms with Crippen LogP contribution in [-0.2, 0) is 0 Å². The molecule has 1 saturated carbocycles. The lowest BCUT2D eigenvalue weighted by Crippen LogP contribution is -2.25. The van der Waals surface area contributed by atoms with Gasteiger partial charge in [-0.1, -0.05) is 48.5 Å². The maximum atomic E-state index is 6.35. The maximum absolute atomic E-state index is 6.35. The van der Waals surface area contributed by atoms with Crippen LogP contribution in [0.4, 0.5) is 5.82 Å². The van der Waals surface area contributed by atoms with E-state index >= 15 is 0 Å². The Kier molecular flexibility index (Phi) is 7.48. The Morgan fingerprint density at radius 1 is 1.15 bits per heavy atom. The Hall–Kier alpha value is -2.67. The van der Waals surface area contributed by atoms with Gasteiger partial charge in [-0.3, -0.25) is 4.57 Å². The van der Waals surface area contributed by atoms with Crippen molar-refractivity contribution in [3.05, 3.63) is 71.8 Å². The van der Waals surface area contributed by atoms with E-state index < -0.39 is 0 Å². The molecule has 8 heteroatoms. The highest BCUT2D eigenvalue weighted by Crippen LogP contribution is 2.33. The number of aromatic nitrogens is 4. The lowest BCUT2D eigenvalue weighted by Gasteiger charge is -2.27. The van der Waals surface area contributed by atoms with Crippen molar-refractivity contribution in [2.24, 2.45) is 17.6 Å². The molecular weight excluding hydrogens is 455 g/mol. The summed E-state index contributed by atoms with van der Waals surface area (Å²) < 4.78 is 1.94. The molecule has 6 nitrogen and oxygen atoms in total. The molecule has 3 aromatic rings. The number of nitrogens with one attached hydrogen (secondary N) is 1. The molecule has 0 aliphatic heterocycles. The number of allylic oxidation sites excluding steroid dienone is 4. The van der Waals surface area contributed by atoms with Gasteiger partial charge < -0.3 is 11.1 Å². The van der Waals surface area contributed by atoms with Crippen LogP contribution in [0.2, 0.25) is 5.02 Å². The number of anilines is 1. The topological polar surface area (TPSA) is 81.7 Å². The zero-order valence-corrected chi connectivity index (χ0v) is 20.0. The molecule has 1 aliphatic carbocycles. The van der Waals surface area contributed by atoms with Crippen LogP contribution in [0.3, 0.4) is 0 Å².